The minimum atomic E-state index is -1.07. The fourth-order valence-corrected chi connectivity index (χ4v) is 1.13. The maximum Gasteiger partial charge on any atom is 0.325 e. The van der Waals surface area contributed by atoms with Gasteiger partial charge in [0.15, 0.2) is 0 Å². The summed E-state index contributed by atoms with van der Waals surface area (Å²) >= 11 is 0. The molecule has 0 aliphatic heterocycles. The molecule has 0 atom stereocenters. The van der Waals surface area contributed by atoms with Gasteiger partial charge in [-0.05, 0) is 22.6 Å². The Morgan fingerprint density at radius 3 is 2.94 bits per heavy atom. The van der Waals surface area contributed by atoms with Crippen LogP contribution >= 0.6 is 0 Å². The number of hydrogen-bond donors (Lipinski definition) is 1. The number of halogens is 1. The van der Waals surface area contributed by atoms with Gasteiger partial charge in [0.2, 0.25) is 5.82 Å². The molecule has 1 N–H and O–H groups in total. The number of aliphatic carboxylic acids is 1. The Kier molecular flexibility index (Phi) is 2.54. The fourth-order valence-electron chi connectivity index (χ4n) is 1.13. The number of pyridine rings is 1. The quantitative estimate of drug-likeness (QED) is 0.784. The Hall–Kier alpha value is -2.38. The van der Waals surface area contributed by atoms with Crippen molar-refractivity contribution in [1.82, 2.24) is 25.2 Å². The molecule has 0 aliphatic rings. The first-order chi connectivity index (χ1) is 7.66. The smallest absolute Gasteiger partial charge is 0.325 e. The number of carboxylic acid groups (broad SMARTS) is 1. The summed E-state index contributed by atoms with van der Waals surface area (Å²) in [6, 6.07) is 2.57. The van der Waals surface area contributed by atoms with Crippen molar-refractivity contribution in [3.63, 3.8) is 0 Å². The van der Waals surface area contributed by atoms with Gasteiger partial charge in [0.05, 0.1) is 6.20 Å². The highest BCUT2D eigenvalue weighted by molar-refractivity contribution is 5.67. The normalized spacial score (nSPS) is 10.3. The SMILES string of the molecule is O=C(O)Cn1nnnc1-c1ccc(F)cn1. The van der Waals surface area contributed by atoms with E-state index in [1.165, 1.54) is 12.1 Å². The molecule has 0 aliphatic carbocycles. The minimum absolute atomic E-state index is 0.183. The van der Waals surface area contributed by atoms with E-state index in [4.69, 9.17) is 5.11 Å². The van der Waals surface area contributed by atoms with Crippen molar-refractivity contribution < 1.29 is 14.3 Å². The minimum Gasteiger partial charge on any atom is -0.480 e. The molecule has 0 bridgehead atoms. The molecule has 8 heteroatoms. The average molecular weight is 223 g/mol. The van der Waals surface area contributed by atoms with Crippen LogP contribution in [0.1, 0.15) is 0 Å². The molecule has 2 aromatic rings. The Morgan fingerprint density at radius 2 is 2.31 bits per heavy atom. The van der Waals surface area contributed by atoms with Crippen LogP contribution in [-0.4, -0.2) is 36.3 Å². The van der Waals surface area contributed by atoms with Crippen LogP contribution in [0.3, 0.4) is 0 Å². The lowest BCUT2D eigenvalue weighted by Gasteiger charge is -2.00. The highest BCUT2D eigenvalue weighted by Crippen LogP contribution is 2.12. The standard InChI is InChI=1S/C8H6FN5O2/c9-5-1-2-6(10-3-5)8-11-12-13-14(8)4-7(15)16/h1-3H,4H2,(H,15,16). The number of rotatable bonds is 3. The Balaban J connectivity index is 2.36. The second kappa shape index (κ2) is 4.01. The number of carbonyl (C=O) groups is 1. The van der Waals surface area contributed by atoms with Crippen LogP contribution in [-0.2, 0) is 11.3 Å². The Labute approximate surface area is 88.5 Å². The first kappa shape index (κ1) is 10.1. The lowest BCUT2D eigenvalue weighted by Crippen LogP contribution is -2.12. The van der Waals surface area contributed by atoms with E-state index in [-0.39, 0.29) is 12.4 Å². The number of nitrogens with zero attached hydrogens (tertiary/aromatic N) is 5. The van der Waals surface area contributed by atoms with Crippen molar-refractivity contribution in [3.8, 4) is 11.5 Å². The van der Waals surface area contributed by atoms with Gasteiger partial charge in [-0.25, -0.2) is 14.1 Å². The van der Waals surface area contributed by atoms with Crippen molar-refractivity contribution in [3.05, 3.63) is 24.1 Å². The van der Waals surface area contributed by atoms with Crippen molar-refractivity contribution >= 4 is 5.97 Å². The van der Waals surface area contributed by atoms with Crippen LogP contribution in [0.5, 0.6) is 0 Å². The van der Waals surface area contributed by atoms with E-state index in [9.17, 15) is 9.18 Å². The topological polar surface area (TPSA) is 93.8 Å². The predicted octanol–water partition coefficient (Wildman–Crippen LogP) is -0.0412. The van der Waals surface area contributed by atoms with Crippen LogP contribution in [0.15, 0.2) is 18.3 Å². The summed E-state index contributed by atoms with van der Waals surface area (Å²) in [5, 5.41) is 19.1. The van der Waals surface area contributed by atoms with Crippen LogP contribution < -0.4 is 0 Å². The molecule has 0 radical (unpaired) electrons. The fraction of sp³-hybridized carbons (Fsp3) is 0.125. The van der Waals surface area contributed by atoms with Gasteiger partial charge in [-0.2, -0.15) is 0 Å². The van der Waals surface area contributed by atoms with E-state index in [1.54, 1.807) is 0 Å². The molecule has 16 heavy (non-hydrogen) atoms. The number of aromatic nitrogens is 5. The Bertz CT molecular complexity index is 509. The molecular formula is C8H6FN5O2. The number of tetrazole rings is 1. The summed E-state index contributed by atoms with van der Waals surface area (Å²) in [5.41, 5.74) is 0.313. The third kappa shape index (κ3) is 2.00. The lowest BCUT2D eigenvalue weighted by atomic mass is 10.3. The van der Waals surface area contributed by atoms with E-state index in [2.05, 4.69) is 20.5 Å². The van der Waals surface area contributed by atoms with Gasteiger partial charge in [-0.3, -0.25) is 4.79 Å². The molecule has 82 valence electrons. The van der Waals surface area contributed by atoms with E-state index in [1.807, 2.05) is 0 Å². The van der Waals surface area contributed by atoms with Gasteiger partial charge in [-0.15, -0.1) is 5.10 Å². The van der Waals surface area contributed by atoms with Crippen LogP contribution in [0.4, 0.5) is 4.39 Å². The Morgan fingerprint density at radius 1 is 1.50 bits per heavy atom. The number of hydrogen-bond acceptors (Lipinski definition) is 5. The molecule has 2 heterocycles. The second-order valence-corrected chi connectivity index (χ2v) is 2.92. The van der Waals surface area contributed by atoms with Gasteiger partial charge < -0.3 is 5.11 Å². The lowest BCUT2D eigenvalue weighted by molar-refractivity contribution is -0.137. The van der Waals surface area contributed by atoms with Crippen LogP contribution in [0.2, 0.25) is 0 Å². The molecule has 7 nitrogen and oxygen atoms in total. The van der Waals surface area contributed by atoms with Gasteiger partial charge in [0.1, 0.15) is 18.1 Å². The molecule has 0 fully saturated rings. The zero-order valence-corrected chi connectivity index (χ0v) is 7.91. The summed E-state index contributed by atoms with van der Waals surface area (Å²) in [7, 11) is 0. The van der Waals surface area contributed by atoms with Gasteiger partial charge in [0.25, 0.3) is 0 Å². The van der Waals surface area contributed by atoms with Crippen LogP contribution in [0, 0.1) is 5.82 Å². The van der Waals surface area contributed by atoms with E-state index < -0.39 is 11.8 Å². The van der Waals surface area contributed by atoms with E-state index in [0.29, 0.717) is 5.69 Å². The first-order valence-electron chi connectivity index (χ1n) is 4.26. The third-order valence-electron chi connectivity index (χ3n) is 1.77. The summed E-state index contributed by atoms with van der Waals surface area (Å²) in [4.78, 5) is 14.3. The summed E-state index contributed by atoms with van der Waals surface area (Å²) in [5.74, 6) is -1.38. The highest BCUT2D eigenvalue weighted by atomic mass is 19.1. The molecule has 0 aromatic carbocycles. The highest BCUT2D eigenvalue weighted by Gasteiger charge is 2.12. The molecular weight excluding hydrogens is 217 g/mol. The van der Waals surface area contributed by atoms with Gasteiger partial charge >= 0.3 is 5.97 Å². The zero-order valence-electron chi connectivity index (χ0n) is 7.91. The van der Waals surface area contributed by atoms with Crippen molar-refractivity contribution in [2.45, 2.75) is 6.54 Å². The monoisotopic (exact) mass is 223 g/mol. The van der Waals surface area contributed by atoms with Crippen molar-refractivity contribution in [1.29, 1.82) is 0 Å². The summed E-state index contributed by atoms with van der Waals surface area (Å²) in [6.45, 7) is -0.374. The molecule has 0 spiro atoms. The molecule has 2 rings (SSSR count). The predicted molar refractivity (Wildman–Crippen MR) is 48.6 cm³/mol. The zero-order chi connectivity index (χ0) is 11.5. The van der Waals surface area contributed by atoms with Crippen LogP contribution in [0.25, 0.3) is 11.5 Å². The van der Waals surface area contributed by atoms with Crippen molar-refractivity contribution in [2.24, 2.45) is 0 Å². The largest absolute Gasteiger partial charge is 0.480 e. The summed E-state index contributed by atoms with van der Waals surface area (Å²) in [6.07, 6.45) is 1.01. The van der Waals surface area contributed by atoms with Gasteiger partial charge in [-0.1, -0.05) is 0 Å². The van der Waals surface area contributed by atoms with Gasteiger partial charge in [0, 0.05) is 0 Å². The third-order valence-corrected chi connectivity index (χ3v) is 1.77. The molecule has 0 amide bonds. The van der Waals surface area contributed by atoms with E-state index in [0.717, 1.165) is 10.9 Å². The number of carboxylic acids is 1. The average Bonchev–Trinajstić information content (AvgIpc) is 2.66. The van der Waals surface area contributed by atoms with Crippen molar-refractivity contribution in [2.75, 3.05) is 0 Å². The molecule has 0 saturated heterocycles. The second-order valence-electron chi connectivity index (χ2n) is 2.92. The maximum atomic E-state index is 12.6. The molecule has 0 unspecified atom stereocenters. The van der Waals surface area contributed by atoms with E-state index >= 15 is 0 Å². The molecule has 2 aromatic heterocycles. The molecule has 0 saturated carbocycles. The summed E-state index contributed by atoms with van der Waals surface area (Å²) < 4.78 is 13.7. The first-order valence-corrected chi connectivity index (χ1v) is 4.26. The maximum absolute atomic E-state index is 12.6.